The predicted octanol–water partition coefficient (Wildman–Crippen LogP) is 3.40. The summed E-state index contributed by atoms with van der Waals surface area (Å²) in [5.74, 6) is 0.174. The van der Waals surface area contributed by atoms with Crippen molar-refractivity contribution in [1.29, 1.82) is 0 Å². The zero-order valence-electron chi connectivity index (χ0n) is 10.2. The molecule has 0 atom stereocenters. The van der Waals surface area contributed by atoms with Gasteiger partial charge in [0, 0.05) is 16.6 Å². The number of nitrogens with zero attached hydrogens (tertiary/aromatic N) is 1. The Hall–Kier alpha value is -0.860. The number of carbonyl (C=O) groups is 1. The molecule has 0 heterocycles. The first-order chi connectivity index (χ1) is 8.20. The van der Waals surface area contributed by atoms with Crippen molar-refractivity contribution in [3.8, 4) is 0 Å². The van der Waals surface area contributed by atoms with E-state index in [9.17, 15) is 4.79 Å². The Balaban J connectivity index is 1.99. The molecule has 1 aromatic rings. The maximum atomic E-state index is 12.1. The molecular weight excluding hydrogens is 234 g/mol. The fourth-order valence-corrected chi connectivity index (χ4v) is 2.25. The van der Waals surface area contributed by atoms with E-state index in [4.69, 9.17) is 11.6 Å². The first kappa shape index (κ1) is 12.6. The van der Waals surface area contributed by atoms with Crippen LogP contribution in [-0.2, 0) is 0 Å². The standard InChI is InChI=1S/C14H18ClNO/c1-2-8-16(13-6-7-13)10-14(17)11-4-3-5-12(15)9-11/h3-5,9,13H,2,6-8,10H2,1H3. The Bertz CT molecular complexity index is 401. The predicted molar refractivity (Wildman–Crippen MR) is 70.7 cm³/mol. The van der Waals surface area contributed by atoms with Crippen molar-refractivity contribution in [2.75, 3.05) is 13.1 Å². The van der Waals surface area contributed by atoms with Gasteiger partial charge in [0.15, 0.2) is 5.78 Å². The molecule has 2 rings (SSSR count). The number of hydrogen-bond donors (Lipinski definition) is 0. The average molecular weight is 252 g/mol. The lowest BCUT2D eigenvalue weighted by Crippen LogP contribution is -2.32. The van der Waals surface area contributed by atoms with E-state index in [2.05, 4.69) is 11.8 Å². The summed E-state index contributed by atoms with van der Waals surface area (Å²) >= 11 is 5.90. The molecule has 0 saturated heterocycles. The van der Waals surface area contributed by atoms with Gasteiger partial charge in [-0.15, -0.1) is 0 Å². The Kier molecular flexibility index (Phi) is 4.19. The highest BCUT2D eigenvalue weighted by atomic mass is 35.5. The van der Waals surface area contributed by atoms with Crippen molar-refractivity contribution in [3.05, 3.63) is 34.9 Å². The van der Waals surface area contributed by atoms with Crippen LogP contribution in [0.1, 0.15) is 36.5 Å². The highest BCUT2D eigenvalue weighted by molar-refractivity contribution is 6.31. The van der Waals surface area contributed by atoms with E-state index in [1.807, 2.05) is 12.1 Å². The molecule has 1 aliphatic rings. The molecule has 2 nitrogen and oxygen atoms in total. The van der Waals surface area contributed by atoms with Crippen LogP contribution in [0.2, 0.25) is 5.02 Å². The average Bonchev–Trinajstić information content (AvgIpc) is 3.12. The molecule has 0 aromatic heterocycles. The quantitative estimate of drug-likeness (QED) is 0.723. The lowest BCUT2D eigenvalue weighted by molar-refractivity contribution is 0.0925. The first-order valence-corrected chi connectivity index (χ1v) is 6.61. The maximum absolute atomic E-state index is 12.1. The molecule has 0 spiro atoms. The Morgan fingerprint density at radius 1 is 1.47 bits per heavy atom. The van der Waals surface area contributed by atoms with Crippen molar-refractivity contribution < 1.29 is 4.79 Å². The SMILES string of the molecule is CCCN(CC(=O)c1cccc(Cl)c1)C1CC1. The Morgan fingerprint density at radius 3 is 2.82 bits per heavy atom. The number of ketones is 1. The second-order valence-electron chi connectivity index (χ2n) is 4.64. The lowest BCUT2D eigenvalue weighted by atomic mass is 10.1. The third-order valence-corrected chi connectivity index (χ3v) is 3.30. The van der Waals surface area contributed by atoms with Crippen molar-refractivity contribution in [3.63, 3.8) is 0 Å². The van der Waals surface area contributed by atoms with Crippen molar-refractivity contribution >= 4 is 17.4 Å². The zero-order chi connectivity index (χ0) is 12.3. The smallest absolute Gasteiger partial charge is 0.176 e. The van der Waals surface area contributed by atoms with Gasteiger partial charge in [0.25, 0.3) is 0 Å². The summed E-state index contributed by atoms with van der Waals surface area (Å²) in [6.45, 7) is 3.69. The van der Waals surface area contributed by atoms with Crippen LogP contribution in [0.4, 0.5) is 0 Å². The van der Waals surface area contributed by atoms with Gasteiger partial charge in [-0.05, 0) is 37.9 Å². The van der Waals surface area contributed by atoms with E-state index >= 15 is 0 Å². The molecule has 0 unspecified atom stereocenters. The largest absolute Gasteiger partial charge is 0.293 e. The van der Waals surface area contributed by atoms with Crippen molar-refractivity contribution in [1.82, 2.24) is 4.90 Å². The van der Waals surface area contributed by atoms with Gasteiger partial charge in [-0.3, -0.25) is 9.69 Å². The monoisotopic (exact) mass is 251 g/mol. The summed E-state index contributed by atoms with van der Waals surface area (Å²) in [5.41, 5.74) is 0.722. The minimum Gasteiger partial charge on any atom is -0.293 e. The molecule has 0 aliphatic heterocycles. The number of halogens is 1. The fraction of sp³-hybridized carbons (Fsp3) is 0.500. The fourth-order valence-electron chi connectivity index (χ4n) is 2.06. The van der Waals surface area contributed by atoms with Gasteiger partial charge in [0.1, 0.15) is 0 Å². The lowest BCUT2D eigenvalue weighted by Gasteiger charge is -2.20. The topological polar surface area (TPSA) is 20.3 Å². The van der Waals surface area contributed by atoms with Gasteiger partial charge < -0.3 is 0 Å². The third-order valence-electron chi connectivity index (χ3n) is 3.07. The van der Waals surface area contributed by atoms with E-state index in [1.165, 1.54) is 12.8 Å². The molecule has 92 valence electrons. The highest BCUT2D eigenvalue weighted by Crippen LogP contribution is 2.27. The van der Waals surface area contributed by atoms with Gasteiger partial charge in [-0.2, -0.15) is 0 Å². The molecule has 0 bridgehead atoms. The summed E-state index contributed by atoms with van der Waals surface area (Å²) in [5, 5.41) is 0.629. The number of Topliss-reactive ketones (excluding diaryl/α,β-unsaturated/α-hetero) is 1. The first-order valence-electron chi connectivity index (χ1n) is 6.23. The van der Waals surface area contributed by atoms with Crippen LogP contribution in [0, 0.1) is 0 Å². The summed E-state index contributed by atoms with van der Waals surface area (Å²) in [6, 6.07) is 7.85. The Morgan fingerprint density at radius 2 is 2.24 bits per heavy atom. The van der Waals surface area contributed by atoms with E-state index in [-0.39, 0.29) is 5.78 Å². The third kappa shape index (κ3) is 3.55. The molecule has 0 N–H and O–H groups in total. The molecule has 0 amide bonds. The summed E-state index contributed by atoms with van der Waals surface area (Å²) in [6.07, 6.45) is 3.57. The van der Waals surface area contributed by atoms with Crippen LogP contribution in [0.5, 0.6) is 0 Å². The molecule has 1 saturated carbocycles. The Labute approximate surface area is 108 Å². The van der Waals surface area contributed by atoms with Crippen LogP contribution in [0.25, 0.3) is 0 Å². The molecule has 1 fully saturated rings. The van der Waals surface area contributed by atoms with E-state index in [1.54, 1.807) is 12.1 Å². The number of carbonyl (C=O) groups excluding carboxylic acids is 1. The van der Waals surface area contributed by atoms with Gasteiger partial charge in [0.2, 0.25) is 0 Å². The van der Waals surface area contributed by atoms with Crippen LogP contribution in [0.15, 0.2) is 24.3 Å². The van der Waals surface area contributed by atoms with Crippen LogP contribution < -0.4 is 0 Å². The van der Waals surface area contributed by atoms with Gasteiger partial charge in [-0.1, -0.05) is 30.7 Å². The minimum atomic E-state index is 0.174. The molecular formula is C14H18ClNO. The normalized spacial score (nSPS) is 15.2. The minimum absolute atomic E-state index is 0.174. The summed E-state index contributed by atoms with van der Waals surface area (Å²) < 4.78 is 0. The van der Waals surface area contributed by atoms with Gasteiger partial charge in [-0.25, -0.2) is 0 Å². The molecule has 0 radical (unpaired) electrons. The number of benzene rings is 1. The number of hydrogen-bond acceptors (Lipinski definition) is 2. The molecule has 3 heteroatoms. The highest BCUT2D eigenvalue weighted by Gasteiger charge is 2.29. The van der Waals surface area contributed by atoms with Crippen LogP contribution in [-0.4, -0.2) is 29.8 Å². The maximum Gasteiger partial charge on any atom is 0.176 e. The molecule has 1 aliphatic carbocycles. The zero-order valence-corrected chi connectivity index (χ0v) is 10.9. The van der Waals surface area contributed by atoms with E-state index < -0.39 is 0 Å². The van der Waals surface area contributed by atoms with Gasteiger partial charge in [0.05, 0.1) is 6.54 Å². The molecule has 1 aromatic carbocycles. The van der Waals surface area contributed by atoms with Crippen LogP contribution in [0.3, 0.4) is 0 Å². The van der Waals surface area contributed by atoms with E-state index in [0.29, 0.717) is 17.6 Å². The number of rotatable bonds is 6. The van der Waals surface area contributed by atoms with Crippen molar-refractivity contribution in [2.24, 2.45) is 0 Å². The molecule has 17 heavy (non-hydrogen) atoms. The second-order valence-corrected chi connectivity index (χ2v) is 5.07. The van der Waals surface area contributed by atoms with Crippen molar-refractivity contribution in [2.45, 2.75) is 32.2 Å². The second kappa shape index (κ2) is 5.65. The van der Waals surface area contributed by atoms with E-state index in [0.717, 1.165) is 18.5 Å². The van der Waals surface area contributed by atoms with Gasteiger partial charge >= 0.3 is 0 Å². The summed E-state index contributed by atoms with van der Waals surface area (Å²) in [7, 11) is 0. The summed E-state index contributed by atoms with van der Waals surface area (Å²) in [4.78, 5) is 14.4. The van der Waals surface area contributed by atoms with Crippen LogP contribution >= 0.6 is 11.6 Å².